The Morgan fingerprint density at radius 2 is 2.10 bits per heavy atom. The number of hydrogen-bond donors (Lipinski definition) is 0. The largest absolute Gasteiger partial charge is 0.385 e. The maximum Gasteiger partial charge on any atom is 0.127 e. The molecule has 1 unspecified atom stereocenters. The highest BCUT2D eigenvalue weighted by Gasteiger charge is 2.14. The van der Waals surface area contributed by atoms with E-state index in [1.807, 2.05) is 6.92 Å². The van der Waals surface area contributed by atoms with Gasteiger partial charge in [-0.25, -0.2) is 4.98 Å². The molecule has 110 valence electrons. The van der Waals surface area contributed by atoms with Crippen LogP contribution in [0.1, 0.15) is 43.0 Å². The van der Waals surface area contributed by atoms with Crippen molar-refractivity contribution in [3.63, 3.8) is 0 Å². The van der Waals surface area contributed by atoms with Crippen molar-refractivity contribution in [2.75, 3.05) is 13.7 Å². The highest BCUT2D eigenvalue weighted by Crippen LogP contribution is 2.25. The summed E-state index contributed by atoms with van der Waals surface area (Å²) in [6, 6.07) is 6.41. The van der Waals surface area contributed by atoms with E-state index in [1.165, 1.54) is 11.1 Å². The first-order valence-electron chi connectivity index (χ1n) is 7.23. The first-order valence-corrected chi connectivity index (χ1v) is 7.67. The fourth-order valence-corrected chi connectivity index (χ4v) is 2.66. The molecule has 1 aromatic heterocycles. The van der Waals surface area contributed by atoms with Crippen LogP contribution < -0.4 is 0 Å². The summed E-state index contributed by atoms with van der Waals surface area (Å²) in [4.78, 5) is 4.69. The maximum absolute atomic E-state index is 6.28. The summed E-state index contributed by atoms with van der Waals surface area (Å²) in [5, 5.41) is -0.0679. The topological polar surface area (TPSA) is 27.1 Å². The lowest BCUT2D eigenvalue weighted by atomic mass is 10.2. The molecule has 0 fully saturated rings. The van der Waals surface area contributed by atoms with E-state index in [1.54, 1.807) is 7.11 Å². The number of aryl methyl sites for hydroxylation is 2. The van der Waals surface area contributed by atoms with Gasteiger partial charge in [0.2, 0.25) is 0 Å². The normalized spacial score (nSPS) is 13.0. The van der Waals surface area contributed by atoms with Crippen LogP contribution in [0, 0.1) is 6.92 Å². The Bertz CT molecular complexity index is 563. The molecule has 0 bridgehead atoms. The molecule has 1 aromatic carbocycles. The van der Waals surface area contributed by atoms with Crippen molar-refractivity contribution < 1.29 is 4.74 Å². The zero-order valence-electron chi connectivity index (χ0n) is 12.5. The molecule has 0 aliphatic heterocycles. The molecule has 0 aliphatic rings. The van der Waals surface area contributed by atoms with Crippen LogP contribution in [-0.4, -0.2) is 23.3 Å². The summed E-state index contributed by atoms with van der Waals surface area (Å²) in [6.07, 6.45) is 3.39. The Morgan fingerprint density at radius 3 is 2.80 bits per heavy atom. The molecule has 0 saturated heterocycles. The van der Waals surface area contributed by atoms with Gasteiger partial charge in [-0.15, -0.1) is 11.6 Å². The van der Waals surface area contributed by atoms with Crippen molar-refractivity contribution >= 4 is 22.6 Å². The molecule has 0 saturated carbocycles. The Labute approximate surface area is 125 Å². The molecule has 2 rings (SSSR count). The van der Waals surface area contributed by atoms with E-state index in [-0.39, 0.29) is 5.38 Å². The fraction of sp³-hybridized carbons (Fsp3) is 0.562. The van der Waals surface area contributed by atoms with Gasteiger partial charge < -0.3 is 9.30 Å². The lowest BCUT2D eigenvalue weighted by Gasteiger charge is -2.10. The van der Waals surface area contributed by atoms with Crippen molar-refractivity contribution in [3.8, 4) is 0 Å². The van der Waals surface area contributed by atoms with Gasteiger partial charge in [0.15, 0.2) is 0 Å². The number of fused-ring (bicyclic) bond motifs is 1. The van der Waals surface area contributed by atoms with Gasteiger partial charge in [0.05, 0.1) is 16.4 Å². The van der Waals surface area contributed by atoms with Gasteiger partial charge in [-0.05, 0) is 50.8 Å². The van der Waals surface area contributed by atoms with Gasteiger partial charge >= 0.3 is 0 Å². The van der Waals surface area contributed by atoms with Crippen molar-refractivity contribution in [2.45, 2.75) is 45.0 Å². The predicted molar refractivity (Wildman–Crippen MR) is 84.5 cm³/mol. The second-order valence-electron chi connectivity index (χ2n) is 5.28. The van der Waals surface area contributed by atoms with E-state index in [0.29, 0.717) is 0 Å². The third-order valence-electron chi connectivity index (χ3n) is 3.52. The first kappa shape index (κ1) is 15.3. The smallest absolute Gasteiger partial charge is 0.127 e. The molecule has 0 spiro atoms. The molecule has 0 aliphatic carbocycles. The average Bonchev–Trinajstić information content (AvgIpc) is 2.76. The van der Waals surface area contributed by atoms with Crippen LogP contribution in [0.15, 0.2) is 18.2 Å². The van der Waals surface area contributed by atoms with E-state index < -0.39 is 0 Å². The van der Waals surface area contributed by atoms with Gasteiger partial charge in [-0.2, -0.15) is 0 Å². The Hall–Kier alpha value is -1.06. The van der Waals surface area contributed by atoms with E-state index in [4.69, 9.17) is 21.3 Å². The molecular formula is C16H23ClN2O. The Balaban J connectivity index is 2.18. The summed E-state index contributed by atoms with van der Waals surface area (Å²) in [5.74, 6) is 0.971. The zero-order chi connectivity index (χ0) is 14.5. The molecule has 0 amide bonds. The van der Waals surface area contributed by atoms with Crippen LogP contribution in [-0.2, 0) is 11.3 Å². The molecule has 4 heteroatoms. The van der Waals surface area contributed by atoms with Crippen LogP contribution >= 0.6 is 11.6 Å². The van der Waals surface area contributed by atoms with Crippen LogP contribution in [0.5, 0.6) is 0 Å². The molecule has 3 nitrogen and oxygen atoms in total. The number of benzene rings is 1. The highest BCUT2D eigenvalue weighted by molar-refractivity contribution is 6.20. The molecule has 0 N–H and O–H groups in total. The first-order chi connectivity index (χ1) is 9.63. The highest BCUT2D eigenvalue weighted by atomic mass is 35.5. The summed E-state index contributed by atoms with van der Waals surface area (Å²) >= 11 is 6.28. The standard InChI is InChI=1S/C16H23ClN2O/c1-12-7-8-15-14(11-12)18-16(13(2)17)19(15)9-5-4-6-10-20-3/h7-8,11,13H,4-6,9-10H2,1-3H3. The number of nitrogens with zero attached hydrogens (tertiary/aromatic N) is 2. The fourth-order valence-electron chi connectivity index (χ4n) is 2.49. The van der Waals surface area contributed by atoms with E-state index >= 15 is 0 Å². The van der Waals surface area contributed by atoms with Crippen molar-refractivity contribution in [1.29, 1.82) is 0 Å². The van der Waals surface area contributed by atoms with Crippen molar-refractivity contribution in [1.82, 2.24) is 9.55 Å². The van der Waals surface area contributed by atoms with Crippen LogP contribution in [0.25, 0.3) is 11.0 Å². The molecule has 1 heterocycles. The van der Waals surface area contributed by atoms with Gasteiger partial charge in [0.1, 0.15) is 5.82 Å². The molecule has 1 atom stereocenters. The van der Waals surface area contributed by atoms with Crippen molar-refractivity contribution in [2.24, 2.45) is 0 Å². The van der Waals surface area contributed by atoms with E-state index in [2.05, 4.69) is 29.7 Å². The Kier molecular flexibility index (Phi) is 5.44. The maximum atomic E-state index is 6.28. The molecule has 0 radical (unpaired) electrons. The van der Waals surface area contributed by atoms with Crippen LogP contribution in [0.3, 0.4) is 0 Å². The van der Waals surface area contributed by atoms with Gasteiger partial charge in [0, 0.05) is 20.3 Å². The summed E-state index contributed by atoms with van der Waals surface area (Å²) in [6.45, 7) is 5.88. The summed E-state index contributed by atoms with van der Waals surface area (Å²) in [7, 11) is 1.75. The number of aromatic nitrogens is 2. The second-order valence-corrected chi connectivity index (χ2v) is 5.94. The predicted octanol–water partition coefficient (Wildman–Crippen LogP) is 4.46. The number of unbranched alkanes of at least 4 members (excludes halogenated alkanes) is 2. The number of alkyl halides is 1. The quantitative estimate of drug-likeness (QED) is 0.557. The van der Waals surface area contributed by atoms with E-state index in [0.717, 1.165) is 43.8 Å². The lowest BCUT2D eigenvalue weighted by Crippen LogP contribution is -2.05. The van der Waals surface area contributed by atoms with Gasteiger partial charge in [0.25, 0.3) is 0 Å². The minimum absolute atomic E-state index is 0.0679. The average molecular weight is 295 g/mol. The molecule has 2 aromatic rings. The van der Waals surface area contributed by atoms with Crippen LogP contribution in [0.2, 0.25) is 0 Å². The van der Waals surface area contributed by atoms with Gasteiger partial charge in [-0.1, -0.05) is 6.07 Å². The molecular weight excluding hydrogens is 272 g/mol. The number of imidazole rings is 1. The zero-order valence-corrected chi connectivity index (χ0v) is 13.3. The minimum atomic E-state index is -0.0679. The Morgan fingerprint density at radius 1 is 1.30 bits per heavy atom. The minimum Gasteiger partial charge on any atom is -0.385 e. The van der Waals surface area contributed by atoms with Crippen LogP contribution in [0.4, 0.5) is 0 Å². The number of methoxy groups -OCH3 is 1. The molecule has 20 heavy (non-hydrogen) atoms. The number of halogens is 1. The SMILES string of the molecule is COCCCCCn1c(C(C)Cl)nc2cc(C)ccc21. The third kappa shape index (κ3) is 3.53. The monoisotopic (exact) mass is 294 g/mol. The number of ether oxygens (including phenoxy) is 1. The van der Waals surface area contributed by atoms with E-state index in [9.17, 15) is 0 Å². The summed E-state index contributed by atoms with van der Waals surface area (Å²) < 4.78 is 7.35. The van der Waals surface area contributed by atoms with Gasteiger partial charge in [-0.3, -0.25) is 0 Å². The number of hydrogen-bond acceptors (Lipinski definition) is 2. The number of rotatable bonds is 7. The second kappa shape index (κ2) is 7.09. The summed E-state index contributed by atoms with van der Waals surface area (Å²) in [5.41, 5.74) is 3.46. The lowest BCUT2D eigenvalue weighted by molar-refractivity contribution is 0.191. The van der Waals surface area contributed by atoms with Crippen molar-refractivity contribution in [3.05, 3.63) is 29.6 Å². The third-order valence-corrected chi connectivity index (χ3v) is 3.71.